The summed E-state index contributed by atoms with van der Waals surface area (Å²) < 4.78 is 0. The highest BCUT2D eigenvalue weighted by atomic mass is 35.5. The molecule has 0 fully saturated rings. The van der Waals surface area contributed by atoms with Crippen molar-refractivity contribution in [1.29, 1.82) is 0 Å². The normalized spacial score (nSPS) is 11.4. The molecule has 1 aromatic rings. The number of nitrogens with zero attached hydrogens (tertiary/aromatic N) is 1. The van der Waals surface area contributed by atoms with Crippen molar-refractivity contribution in [3.63, 3.8) is 0 Å². The van der Waals surface area contributed by atoms with Crippen LogP contribution in [-0.2, 0) is 11.3 Å². The molecule has 0 aliphatic carbocycles. The molecule has 1 N–H and O–H groups in total. The van der Waals surface area contributed by atoms with Crippen LogP contribution in [0.15, 0.2) is 24.3 Å². The van der Waals surface area contributed by atoms with Crippen LogP contribution >= 0.6 is 11.6 Å². The summed E-state index contributed by atoms with van der Waals surface area (Å²) in [6.07, 6.45) is 0. The molecule has 0 heterocycles. The highest BCUT2D eigenvalue weighted by Crippen LogP contribution is 2.13. The zero-order chi connectivity index (χ0) is 13.8. The molecule has 1 rings (SSSR count). The summed E-state index contributed by atoms with van der Waals surface area (Å²) in [5.41, 5.74) is 0.540. The summed E-state index contributed by atoms with van der Waals surface area (Å²) in [6.45, 7) is 7.15. The van der Waals surface area contributed by atoms with Crippen molar-refractivity contribution in [1.82, 2.24) is 10.2 Å². The van der Waals surface area contributed by atoms with E-state index < -0.39 is 5.54 Å². The molecule has 100 valence electrons. The van der Waals surface area contributed by atoms with E-state index in [4.69, 9.17) is 11.6 Å². The first-order chi connectivity index (χ1) is 8.36. The van der Waals surface area contributed by atoms with E-state index in [0.29, 0.717) is 11.6 Å². The van der Waals surface area contributed by atoms with Crippen LogP contribution in [0.2, 0.25) is 5.02 Å². The Morgan fingerprint density at radius 1 is 1.33 bits per heavy atom. The molecule has 18 heavy (non-hydrogen) atoms. The van der Waals surface area contributed by atoms with Crippen molar-refractivity contribution in [2.24, 2.45) is 0 Å². The first-order valence-electron chi connectivity index (χ1n) is 6.12. The second-order valence-electron chi connectivity index (χ2n) is 4.94. The summed E-state index contributed by atoms with van der Waals surface area (Å²) in [5, 5.41) is 3.89. The van der Waals surface area contributed by atoms with Crippen LogP contribution in [0.1, 0.15) is 26.3 Å². The molecule has 0 saturated carbocycles. The Balaban J connectivity index is 2.67. The number of carbonyl (C=O) groups is 1. The highest BCUT2D eigenvalue weighted by molar-refractivity contribution is 6.30. The van der Waals surface area contributed by atoms with E-state index in [1.54, 1.807) is 4.90 Å². The molecule has 0 aliphatic heterocycles. The Labute approximate surface area is 114 Å². The molecule has 0 saturated heterocycles. The van der Waals surface area contributed by atoms with Gasteiger partial charge in [-0.15, -0.1) is 0 Å². The molecule has 1 aromatic carbocycles. The van der Waals surface area contributed by atoms with E-state index in [9.17, 15) is 4.79 Å². The predicted molar refractivity (Wildman–Crippen MR) is 75.7 cm³/mol. The van der Waals surface area contributed by atoms with Gasteiger partial charge in [0, 0.05) is 18.6 Å². The topological polar surface area (TPSA) is 32.3 Å². The number of rotatable bonds is 5. The smallest absolute Gasteiger partial charge is 0.242 e. The average molecular weight is 269 g/mol. The third-order valence-electron chi connectivity index (χ3n) is 2.83. The first-order valence-corrected chi connectivity index (χ1v) is 6.49. The molecule has 1 amide bonds. The summed E-state index contributed by atoms with van der Waals surface area (Å²) in [7, 11) is 1.82. The molecule has 0 spiro atoms. The maximum Gasteiger partial charge on any atom is 0.242 e. The fourth-order valence-corrected chi connectivity index (χ4v) is 2.06. The van der Waals surface area contributed by atoms with Crippen LogP contribution < -0.4 is 5.32 Å². The molecule has 0 unspecified atom stereocenters. The van der Waals surface area contributed by atoms with Gasteiger partial charge in [0.05, 0.1) is 5.54 Å². The Kier molecular flexibility index (Phi) is 5.17. The van der Waals surface area contributed by atoms with Crippen LogP contribution in [-0.4, -0.2) is 29.9 Å². The van der Waals surface area contributed by atoms with Crippen molar-refractivity contribution < 1.29 is 4.79 Å². The van der Waals surface area contributed by atoms with Crippen LogP contribution in [0.5, 0.6) is 0 Å². The van der Waals surface area contributed by atoms with Crippen molar-refractivity contribution in [3.05, 3.63) is 34.9 Å². The van der Waals surface area contributed by atoms with Crippen molar-refractivity contribution in [3.8, 4) is 0 Å². The fraction of sp³-hybridized carbons (Fsp3) is 0.500. The number of halogens is 1. The van der Waals surface area contributed by atoms with Gasteiger partial charge in [0.2, 0.25) is 5.91 Å². The Hall–Kier alpha value is -1.06. The minimum atomic E-state index is -0.532. The van der Waals surface area contributed by atoms with Gasteiger partial charge in [-0.3, -0.25) is 4.79 Å². The second kappa shape index (κ2) is 6.21. The Morgan fingerprint density at radius 3 is 2.39 bits per heavy atom. The minimum absolute atomic E-state index is 0.0827. The van der Waals surface area contributed by atoms with Gasteiger partial charge in [0.1, 0.15) is 0 Å². The average Bonchev–Trinajstić information content (AvgIpc) is 2.31. The highest BCUT2D eigenvalue weighted by Gasteiger charge is 2.29. The quantitative estimate of drug-likeness (QED) is 0.891. The van der Waals surface area contributed by atoms with E-state index in [1.807, 2.05) is 52.1 Å². The zero-order valence-corrected chi connectivity index (χ0v) is 12.2. The fourth-order valence-electron chi connectivity index (χ4n) is 1.93. The molecule has 0 bridgehead atoms. The van der Waals surface area contributed by atoms with E-state index in [-0.39, 0.29) is 5.91 Å². The lowest BCUT2D eigenvalue weighted by atomic mass is 10.0. The molecule has 4 heteroatoms. The van der Waals surface area contributed by atoms with E-state index >= 15 is 0 Å². The standard InChI is InChI=1S/C14H21ClN2O/c1-5-16-14(2,3)13(18)17(4)10-11-6-8-12(15)9-7-11/h6-9,16H,5,10H2,1-4H3. The lowest BCUT2D eigenvalue weighted by Gasteiger charge is -2.30. The van der Waals surface area contributed by atoms with Gasteiger partial charge in [-0.25, -0.2) is 0 Å². The minimum Gasteiger partial charge on any atom is -0.340 e. The molecule has 0 radical (unpaired) electrons. The van der Waals surface area contributed by atoms with E-state index in [1.165, 1.54) is 0 Å². The number of amides is 1. The SMILES string of the molecule is CCNC(C)(C)C(=O)N(C)Cc1ccc(Cl)cc1. The van der Waals surface area contributed by atoms with E-state index in [2.05, 4.69) is 5.32 Å². The van der Waals surface area contributed by atoms with Gasteiger partial charge < -0.3 is 10.2 Å². The molecule has 0 aromatic heterocycles. The van der Waals surface area contributed by atoms with Crippen LogP contribution in [0.4, 0.5) is 0 Å². The Bertz CT molecular complexity index is 401. The van der Waals surface area contributed by atoms with Crippen LogP contribution in [0.25, 0.3) is 0 Å². The summed E-state index contributed by atoms with van der Waals surface area (Å²) in [5.74, 6) is 0.0827. The van der Waals surface area contributed by atoms with Crippen molar-refractivity contribution >= 4 is 17.5 Å². The van der Waals surface area contributed by atoms with Gasteiger partial charge in [-0.2, -0.15) is 0 Å². The molecule has 0 atom stereocenters. The monoisotopic (exact) mass is 268 g/mol. The van der Waals surface area contributed by atoms with Gasteiger partial charge in [-0.05, 0) is 38.1 Å². The number of likely N-dealkylation sites (N-methyl/N-ethyl adjacent to an activating group) is 2. The Morgan fingerprint density at radius 2 is 1.89 bits per heavy atom. The number of hydrogen-bond donors (Lipinski definition) is 1. The lowest BCUT2D eigenvalue weighted by molar-refractivity contribution is -0.136. The zero-order valence-electron chi connectivity index (χ0n) is 11.5. The largest absolute Gasteiger partial charge is 0.340 e. The predicted octanol–water partition coefficient (Wildman–Crippen LogP) is 2.69. The third-order valence-corrected chi connectivity index (χ3v) is 3.09. The van der Waals surface area contributed by atoms with E-state index in [0.717, 1.165) is 12.1 Å². The third kappa shape index (κ3) is 4.00. The molecular weight excluding hydrogens is 248 g/mol. The van der Waals surface area contributed by atoms with Crippen molar-refractivity contribution in [2.45, 2.75) is 32.9 Å². The number of nitrogens with one attached hydrogen (secondary N) is 1. The second-order valence-corrected chi connectivity index (χ2v) is 5.38. The first kappa shape index (κ1) is 15.0. The molecule has 0 aliphatic rings. The van der Waals surface area contributed by atoms with Gasteiger partial charge in [-0.1, -0.05) is 30.7 Å². The number of hydrogen-bond acceptors (Lipinski definition) is 2. The van der Waals surface area contributed by atoms with Gasteiger partial charge >= 0.3 is 0 Å². The summed E-state index contributed by atoms with van der Waals surface area (Å²) in [4.78, 5) is 14.0. The summed E-state index contributed by atoms with van der Waals surface area (Å²) in [6, 6.07) is 7.55. The maximum absolute atomic E-state index is 12.3. The summed E-state index contributed by atoms with van der Waals surface area (Å²) >= 11 is 5.83. The molecular formula is C14H21ClN2O. The maximum atomic E-state index is 12.3. The van der Waals surface area contributed by atoms with Crippen LogP contribution in [0, 0.1) is 0 Å². The number of carbonyl (C=O) groups excluding carboxylic acids is 1. The van der Waals surface area contributed by atoms with Crippen LogP contribution in [0.3, 0.4) is 0 Å². The number of benzene rings is 1. The molecule has 3 nitrogen and oxygen atoms in total. The van der Waals surface area contributed by atoms with Gasteiger partial charge in [0.25, 0.3) is 0 Å². The van der Waals surface area contributed by atoms with Crippen molar-refractivity contribution in [2.75, 3.05) is 13.6 Å². The van der Waals surface area contributed by atoms with Gasteiger partial charge in [0.15, 0.2) is 0 Å². The lowest BCUT2D eigenvalue weighted by Crippen LogP contribution is -2.52.